The van der Waals surface area contributed by atoms with Crippen molar-refractivity contribution in [3.63, 3.8) is 0 Å². The van der Waals surface area contributed by atoms with Crippen LogP contribution in [0.2, 0.25) is 0 Å². The van der Waals surface area contributed by atoms with Crippen LogP contribution in [-0.4, -0.2) is 26.9 Å². The van der Waals surface area contributed by atoms with E-state index >= 15 is 0 Å². The molecule has 12 heavy (non-hydrogen) atoms. The monoisotopic (exact) mass is 282 g/mol. The Labute approximate surface area is 82.9 Å². The number of nitrogens with two attached hydrogens (primary N) is 1. The summed E-state index contributed by atoms with van der Waals surface area (Å²) in [7, 11) is 3.85. The summed E-state index contributed by atoms with van der Waals surface area (Å²) < 4.78 is 7.49. The molecule has 0 aliphatic rings. The molecule has 3 N–H and O–H groups in total. The Bertz CT molecular complexity index is 236. The topological polar surface area (TPSA) is 59.1 Å². The second-order valence-corrected chi connectivity index (χ2v) is 4.06. The number of hydrogen-bond donors (Lipinski definition) is 2. The predicted molar refractivity (Wildman–Crippen MR) is 42.3 cm³/mol. The van der Waals surface area contributed by atoms with Crippen LogP contribution in [-0.2, 0) is 6.54 Å². The molecule has 0 spiro atoms. The Hall–Kier alpha value is -0.180. The van der Waals surface area contributed by atoms with Crippen LogP contribution in [0.25, 0.3) is 0 Å². The molecule has 0 bridgehead atoms. The van der Waals surface area contributed by atoms with E-state index in [1.165, 1.54) is 0 Å². The van der Waals surface area contributed by atoms with Crippen molar-refractivity contribution in [2.45, 2.75) is 6.54 Å². The van der Waals surface area contributed by atoms with E-state index in [2.05, 4.69) is 10.4 Å². The minimum atomic E-state index is -0.385. The fraction of sp³-hybridized carbons (Fsp3) is 0.500. The number of rotatable bonds is 4. The van der Waals surface area contributed by atoms with Crippen LogP contribution in [0, 0.1) is 0 Å². The zero-order valence-corrected chi connectivity index (χ0v) is 9.32. The molecule has 0 aromatic carbocycles. The van der Waals surface area contributed by atoms with Gasteiger partial charge in [0.2, 0.25) is 0 Å². The van der Waals surface area contributed by atoms with Gasteiger partial charge in [-0.25, -0.2) is 0 Å². The Balaban J connectivity index is 2.52. The van der Waals surface area contributed by atoms with Crippen molar-refractivity contribution in [1.29, 1.82) is 0 Å². The number of aromatic nitrogens is 2. The first-order valence-corrected chi connectivity index (χ1v) is 5.73. The molecular formula is C6H13IN5-. The normalized spacial score (nSPS) is 11.3. The average Bonchev–Trinajstić information content (AvgIpc) is 2.52. The third-order valence-electron chi connectivity index (χ3n) is 1.50. The number of halogens is 1. The Kier molecular flexibility index (Phi) is 3.92. The Morgan fingerprint density at radius 1 is 1.83 bits per heavy atom. The van der Waals surface area contributed by atoms with Crippen LogP contribution in [0.3, 0.4) is 0 Å². The maximum atomic E-state index is 5.53. The van der Waals surface area contributed by atoms with Crippen LogP contribution in [0.5, 0.6) is 0 Å². The third kappa shape index (κ3) is 2.70. The summed E-state index contributed by atoms with van der Waals surface area (Å²) in [6, 6.07) is 0. The van der Waals surface area contributed by atoms with Gasteiger partial charge in [0.1, 0.15) is 0 Å². The number of imidazole rings is 1. The fourth-order valence-corrected chi connectivity index (χ4v) is 1.55. The van der Waals surface area contributed by atoms with Crippen LogP contribution >= 0.6 is 0 Å². The van der Waals surface area contributed by atoms with Gasteiger partial charge in [-0.2, -0.15) is 0 Å². The molecule has 0 unspecified atom stereocenters. The van der Waals surface area contributed by atoms with Crippen LogP contribution < -0.4 is 31.1 Å². The fourth-order valence-electron chi connectivity index (χ4n) is 0.795. The van der Waals surface area contributed by atoms with Crippen molar-refractivity contribution >= 4 is 0 Å². The van der Waals surface area contributed by atoms with Crippen molar-refractivity contribution < 1.29 is 21.8 Å². The second kappa shape index (κ2) is 4.75. The van der Waals surface area contributed by atoms with E-state index in [1.807, 2.05) is 28.1 Å². The molecule has 0 radical (unpaired) electrons. The molecule has 1 rings (SSSR count). The van der Waals surface area contributed by atoms with Gasteiger partial charge in [-0.15, -0.1) is 0 Å². The molecule has 1 heterocycles. The molecule has 0 aliphatic carbocycles. The van der Waals surface area contributed by atoms with Gasteiger partial charge in [-0.05, 0) is 0 Å². The summed E-state index contributed by atoms with van der Waals surface area (Å²) in [6.07, 6.45) is 3.77. The Morgan fingerprint density at radius 2 is 2.58 bits per heavy atom. The Morgan fingerprint density at radius 3 is 3.08 bits per heavy atom. The molecule has 70 valence electrons. The van der Waals surface area contributed by atoms with E-state index in [9.17, 15) is 0 Å². The van der Waals surface area contributed by atoms with E-state index in [1.54, 1.807) is 6.33 Å². The third-order valence-corrected chi connectivity index (χ3v) is 2.67. The summed E-state index contributed by atoms with van der Waals surface area (Å²) in [4.78, 5) is 4.20. The zero-order chi connectivity index (χ0) is 8.97. The van der Waals surface area contributed by atoms with Crippen molar-refractivity contribution in [2.24, 2.45) is 3.95 Å². The molecule has 0 fully saturated rings. The van der Waals surface area contributed by atoms with Crippen molar-refractivity contribution in [1.82, 2.24) is 18.2 Å². The molecule has 0 aliphatic heterocycles. The van der Waals surface area contributed by atoms with Gasteiger partial charge >= 0.3 is 82.8 Å². The molecule has 5 nitrogen and oxygen atoms in total. The van der Waals surface area contributed by atoms with Crippen LogP contribution in [0.1, 0.15) is 5.69 Å². The molecule has 1 aromatic rings. The van der Waals surface area contributed by atoms with Gasteiger partial charge < -0.3 is 0 Å². The van der Waals surface area contributed by atoms with Gasteiger partial charge in [0.15, 0.2) is 0 Å². The summed E-state index contributed by atoms with van der Waals surface area (Å²) >= 11 is -0.385. The number of nitrogens with one attached hydrogen (secondary N) is 1. The first kappa shape index (κ1) is 9.90. The summed E-state index contributed by atoms with van der Waals surface area (Å²) in [5, 5.41) is 1.96. The molecule has 0 saturated carbocycles. The summed E-state index contributed by atoms with van der Waals surface area (Å²) in [5.74, 6) is 0. The SMILES string of the molecule is CNN(C)Cc1cn([I-]N)cn1. The van der Waals surface area contributed by atoms with Crippen molar-refractivity contribution in [3.8, 4) is 0 Å². The molecule has 1 aromatic heterocycles. The molecule has 0 atom stereocenters. The predicted octanol–water partition coefficient (Wildman–Crippen LogP) is -3.82. The van der Waals surface area contributed by atoms with E-state index < -0.39 is 0 Å². The van der Waals surface area contributed by atoms with E-state index in [0.717, 1.165) is 12.2 Å². The first-order valence-electron chi connectivity index (χ1n) is 3.51. The van der Waals surface area contributed by atoms with Crippen molar-refractivity contribution in [3.05, 3.63) is 18.2 Å². The second-order valence-electron chi connectivity index (χ2n) is 2.39. The van der Waals surface area contributed by atoms with Gasteiger partial charge in [0.05, 0.1) is 0 Å². The first-order chi connectivity index (χ1) is 5.76. The average molecular weight is 282 g/mol. The van der Waals surface area contributed by atoms with Gasteiger partial charge in [-0.1, -0.05) is 0 Å². The summed E-state index contributed by atoms with van der Waals surface area (Å²) in [5.41, 5.74) is 4.04. The summed E-state index contributed by atoms with van der Waals surface area (Å²) in [6.45, 7) is 0.799. The van der Waals surface area contributed by atoms with E-state index in [0.29, 0.717) is 0 Å². The molecule has 6 heteroatoms. The van der Waals surface area contributed by atoms with Crippen molar-refractivity contribution in [2.75, 3.05) is 14.1 Å². The standard InChI is InChI=1S/C6H13IN5/c1-9-11(2)3-6-4-12(7-8)5-10-6/h4-5,9H,3,8H2,1-2H3/q-1. The molecule has 0 saturated heterocycles. The molecular weight excluding hydrogens is 269 g/mol. The van der Waals surface area contributed by atoms with E-state index in [-0.39, 0.29) is 21.8 Å². The minimum absolute atomic E-state index is 0.385. The zero-order valence-electron chi connectivity index (χ0n) is 7.16. The van der Waals surface area contributed by atoms with Crippen LogP contribution in [0.15, 0.2) is 12.5 Å². The number of nitrogens with zero attached hydrogens (tertiary/aromatic N) is 3. The van der Waals surface area contributed by atoms with Gasteiger partial charge in [0, 0.05) is 0 Å². The quantitative estimate of drug-likeness (QED) is 0.337. The molecule has 0 amide bonds. The number of hydrazine groups is 1. The number of hydrogen-bond acceptors (Lipinski definition) is 4. The van der Waals surface area contributed by atoms with Crippen LogP contribution in [0.4, 0.5) is 0 Å². The van der Waals surface area contributed by atoms with Gasteiger partial charge in [0.25, 0.3) is 0 Å². The maximum absolute atomic E-state index is 5.53. The van der Waals surface area contributed by atoms with E-state index in [4.69, 9.17) is 3.95 Å². The van der Waals surface area contributed by atoms with Gasteiger partial charge in [-0.3, -0.25) is 0 Å².